The molecule has 0 radical (unpaired) electrons. The van der Waals surface area contributed by atoms with Gasteiger partial charge in [0.1, 0.15) is 0 Å². The average Bonchev–Trinajstić information content (AvgIpc) is 2.36. The average molecular weight is 320 g/mol. The Morgan fingerprint density at radius 3 is 2.62 bits per heavy atom. The highest BCUT2D eigenvalue weighted by Crippen LogP contribution is 2.21. The van der Waals surface area contributed by atoms with Crippen LogP contribution in [0.2, 0.25) is 0 Å². The number of alkyl halides is 3. The summed E-state index contributed by atoms with van der Waals surface area (Å²) in [4.78, 5) is -0.00757. The Balaban J connectivity index is 2.60. The summed E-state index contributed by atoms with van der Waals surface area (Å²) in [5, 5.41) is 11.3. The summed E-state index contributed by atoms with van der Waals surface area (Å²) >= 11 is 0. The molecule has 0 aromatic heterocycles. The molecule has 1 atom stereocenters. The molecule has 1 aromatic rings. The molecule has 0 saturated carbocycles. The number of benzene rings is 1. The highest BCUT2D eigenvalue weighted by molar-refractivity contribution is 7.91. The molecule has 0 spiro atoms. The second kappa shape index (κ2) is 6.91. The third kappa shape index (κ3) is 6.14. The van der Waals surface area contributed by atoms with E-state index in [9.17, 15) is 21.6 Å². The first-order valence-electron chi connectivity index (χ1n) is 6.17. The molecule has 0 bridgehead atoms. The van der Waals surface area contributed by atoms with Crippen molar-refractivity contribution in [1.29, 1.82) is 5.26 Å². The normalized spacial score (nSPS) is 13.7. The largest absolute Gasteiger partial charge is 0.390 e. The van der Waals surface area contributed by atoms with E-state index in [4.69, 9.17) is 5.26 Å². The summed E-state index contributed by atoms with van der Waals surface area (Å²) in [6, 6.07) is 6.50. The van der Waals surface area contributed by atoms with Crippen LogP contribution in [-0.4, -0.2) is 32.9 Å². The van der Waals surface area contributed by atoms with Crippen molar-refractivity contribution >= 4 is 9.84 Å². The molecular weight excluding hydrogens is 305 g/mol. The van der Waals surface area contributed by atoms with Crippen LogP contribution in [0.25, 0.3) is 0 Å². The van der Waals surface area contributed by atoms with Crippen molar-refractivity contribution < 1.29 is 21.6 Å². The smallest absolute Gasteiger partial charge is 0.313 e. The number of hydrogen-bond donors (Lipinski definition) is 1. The van der Waals surface area contributed by atoms with Crippen LogP contribution < -0.4 is 5.32 Å². The van der Waals surface area contributed by atoms with E-state index in [2.05, 4.69) is 5.32 Å². The molecule has 8 heteroatoms. The van der Waals surface area contributed by atoms with E-state index in [1.165, 1.54) is 31.2 Å². The quantitative estimate of drug-likeness (QED) is 0.873. The van der Waals surface area contributed by atoms with Crippen LogP contribution in [0, 0.1) is 11.3 Å². The summed E-state index contributed by atoms with van der Waals surface area (Å²) in [5.41, 5.74) is 0.217. The Bertz CT molecular complexity index is 621. The van der Waals surface area contributed by atoms with Gasteiger partial charge in [0.05, 0.1) is 28.7 Å². The highest BCUT2D eigenvalue weighted by Gasteiger charge is 2.29. The van der Waals surface area contributed by atoms with Crippen LogP contribution in [0.1, 0.15) is 18.9 Å². The number of sulfone groups is 1. The maximum Gasteiger partial charge on any atom is 0.390 e. The maximum atomic E-state index is 12.1. The van der Waals surface area contributed by atoms with Crippen LogP contribution in [0.5, 0.6) is 0 Å². The topological polar surface area (TPSA) is 70.0 Å². The fraction of sp³-hybridized carbons (Fsp3) is 0.462. The van der Waals surface area contributed by atoms with Crippen molar-refractivity contribution in [2.24, 2.45) is 0 Å². The molecule has 0 aliphatic carbocycles. The van der Waals surface area contributed by atoms with E-state index in [1.54, 1.807) is 0 Å². The van der Waals surface area contributed by atoms with Crippen LogP contribution in [0.4, 0.5) is 13.2 Å². The van der Waals surface area contributed by atoms with Gasteiger partial charge in [-0.05, 0) is 25.1 Å². The first kappa shape index (κ1) is 17.5. The second-order valence-electron chi connectivity index (χ2n) is 4.63. The van der Waals surface area contributed by atoms with Gasteiger partial charge in [0.25, 0.3) is 0 Å². The Kier molecular flexibility index (Phi) is 5.75. The van der Waals surface area contributed by atoms with Gasteiger partial charge in [-0.15, -0.1) is 0 Å². The number of hydrogen-bond acceptors (Lipinski definition) is 4. The molecule has 0 saturated heterocycles. The van der Waals surface area contributed by atoms with Crippen LogP contribution in [0.15, 0.2) is 29.2 Å². The number of nitrogens with zero attached hydrogens (tertiary/aromatic N) is 1. The second-order valence-corrected chi connectivity index (χ2v) is 6.74. The van der Waals surface area contributed by atoms with Crippen LogP contribution in [-0.2, 0) is 9.84 Å². The Hall–Kier alpha value is -1.59. The zero-order valence-electron chi connectivity index (χ0n) is 11.3. The van der Waals surface area contributed by atoms with E-state index in [-0.39, 0.29) is 22.8 Å². The Morgan fingerprint density at radius 2 is 2.05 bits per heavy atom. The number of nitriles is 1. The lowest BCUT2D eigenvalue weighted by molar-refractivity contribution is -0.138. The summed E-state index contributed by atoms with van der Waals surface area (Å²) in [5.74, 6) is -0.329. The van der Waals surface area contributed by atoms with Crippen LogP contribution in [0.3, 0.4) is 0 Å². The molecular formula is C13H15F3N2O2S. The van der Waals surface area contributed by atoms with Gasteiger partial charge >= 0.3 is 6.18 Å². The Labute approximate surface area is 121 Å². The lowest BCUT2D eigenvalue weighted by Crippen LogP contribution is -2.34. The fourth-order valence-electron chi connectivity index (χ4n) is 1.74. The third-order valence-electron chi connectivity index (χ3n) is 2.72. The molecule has 0 heterocycles. The molecule has 1 rings (SSSR count). The van der Waals surface area contributed by atoms with E-state index < -0.39 is 28.5 Å². The van der Waals surface area contributed by atoms with Gasteiger partial charge in [-0.2, -0.15) is 18.4 Å². The number of rotatable bonds is 6. The number of halogens is 3. The molecule has 1 unspecified atom stereocenters. The molecule has 0 fully saturated rings. The molecule has 21 heavy (non-hydrogen) atoms. The zero-order chi connectivity index (χ0) is 16.1. The Morgan fingerprint density at radius 1 is 1.38 bits per heavy atom. The van der Waals surface area contributed by atoms with Gasteiger partial charge in [-0.3, -0.25) is 0 Å². The molecule has 1 aromatic carbocycles. The molecule has 1 N–H and O–H groups in total. The van der Waals surface area contributed by atoms with Gasteiger partial charge in [-0.25, -0.2) is 8.42 Å². The predicted octanol–water partition coefficient (Wildman–Crippen LogP) is 2.26. The van der Waals surface area contributed by atoms with Crippen molar-refractivity contribution in [3.05, 3.63) is 29.8 Å². The van der Waals surface area contributed by atoms with E-state index in [1.807, 2.05) is 6.07 Å². The number of nitrogens with one attached hydrogen (secondary N) is 1. The van der Waals surface area contributed by atoms with Gasteiger partial charge in [0.15, 0.2) is 9.84 Å². The third-order valence-corrected chi connectivity index (χ3v) is 4.44. The standard InChI is InChI=1S/C13H15F3N2O2S/c1-10(8-13(14,15)16)18-5-6-21(19,20)12-4-2-3-11(7-12)9-17/h2-4,7,10,18H,5-6,8H2,1H3. The van der Waals surface area contributed by atoms with Gasteiger partial charge < -0.3 is 5.32 Å². The molecule has 0 aliphatic rings. The molecule has 4 nitrogen and oxygen atoms in total. The van der Waals surface area contributed by atoms with Crippen molar-refractivity contribution in [2.45, 2.75) is 30.5 Å². The minimum Gasteiger partial charge on any atom is -0.313 e. The maximum absolute atomic E-state index is 12.1. The van der Waals surface area contributed by atoms with Gasteiger partial charge in [0, 0.05) is 12.6 Å². The lowest BCUT2D eigenvalue weighted by Gasteiger charge is -2.15. The SMILES string of the molecule is CC(CC(F)(F)F)NCCS(=O)(=O)c1cccc(C#N)c1. The summed E-state index contributed by atoms with van der Waals surface area (Å²) < 4.78 is 60.4. The zero-order valence-corrected chi connectivity index (χ0v) is 12.1. The summed E-state index contributed by atoms with van der Waals surface area (Å²) in [7, 11) is -3.63. The highest BCUT2D eigenvalue weighted by atomic mass is 32.2. The monoisotopic (exact) mass is 320 g/mol. The molecule has 116 valence electrons. The van der Waals surface area contributed by atoms with Crippen LogP contribution >= 0.6 is 0 Å². The van der Waals surface area contributed by atoms with E-state index in [0.717, 1.165) is 0 Å². The van der Waals surface area contributed by atoms with Crippen molar-refractivity contribution in [2.75, 3.05) is 12.3 Å². The molecule has 0 aliphatic heterocycles. The van der Waals surface area contributed by atoms with Crippen molar-refractivity contribution in [3.8, 4) is 6.07 Å². The molecule has 0 amide bonds. The minimum absolute atomic E-state index is 0.00757. The summed E-state index contributed by atoms with van der Waals surface area (Å²) in [6.07, 6.45) is -5.30. The van der Waals surface area contributed by atoms with Crippen molar-refractivity contribution in [1.82, 2.24) is 5.32 Å². The predicted molar refractivity (Wildman–Crippen MR) is 71.3 cm³/mol. The summed E-state index contributed by atoms with van der Waals surface area (Å²) in [6.45, 7) is 1.26. The van der Waals surface area contributed by atoms with Crippen molar-refractivity contribution in [3.63, 3.8) is 0 Å². The first-order valence-corrected chi connectivity index (χ1v) is 7.82. The lowest BCUT2D eigenvalue weighted by atomic mass is 10.2. The minimum atomic E-state index is -4.29. The van der Waals surface area contributed by atoms with Gasteiger partial charge in [-0.1, -0.05) is 6.07 Å². The van der Waals surface area contributed by atoms with E-state index in [0.29, 0.717) is 0 Å². The fourth-order valence-corrected chi connectivity index (χ4v) is 2.95. The first-order chi connectivity index (χ1) is 9.64. The van der Waals surface area contributed by atoms with E-state index >= 15 is 0 Å². The van der Waals surface area contributed by atoms with Gasteiger partial charge in [0.2, 0.25) is 0 Å².